The highest BCUT2D eigenvalue weighted by Gasteiger charge is 2.37. The summed E-state index contributed by atoms with van der Waals surface area (Å²) in [5, 5.41) is 8.86. The quantitative estimate of drug-likeness (QED) is 0.362. The summed E-state index contributed by atoms with van der Waals surface area (Å²) in [6.07, 6.45) is 20.6. The van der Waals surface area contributed by atoms with Crippen LogP contribution in [0.1, 0.15) is 109 Å². The molecular formula is C27H40FNO. The van der Waals surface area contributed by atoms with E-state index in [4.69, 9.17) is 10.00 Å². The van der Waals surface area contributed by atoms with E-state index in [0.717, 1.165) is 18.3 Å². The molecule has 0 atom stereocenters. The van der Waals surface area contributed by atoms with Crippen LogP contribution in [-0.2, 0) is 0 Å². The minimum atomic E-state index is -0.493. The number of benzene rings is 1. The first-order chi connectivity index (χ1) is 14.7. The Morgan fingerprint density at radius 3 is 2.37 bits per heavy atom. The standard InChI is InChI=1S/C27H40FNO/c1-2-3-7-15-27(17-13-23(14-18-27)22-9-5-4-6-10-22)16-8-19-30-25-12-11-24(21-29)26(28)20-25/h11-12,20,22-23H,2-10,13-19H2,1H3. The molecule has 3 heteroatoms. The number of nitriles is 1. The van der Waals surface area contributed by atoms with Gasteiger partial charge >= 0.3 is 0 Å². The average molecular weight is 414 g/mol. The molecule has 2 saturated carbocycles. The van der Waals surface area contributed by atoms with Crippen molar-refractivity contribution in [3.05, 3.63) is 29.6 Å². The molecule has 0 bridgehead atoms. The normalized spacial score (nSPS) is 25.0. The van der Waals surface area contributed by atoms with Gasteiger partial charge in [0.15, 0.2) is 0 Å². The smallest absolute Gasteiger partial charge is 0.144 e. The molecule has 2 fully saturated rings. The molecule has 2 nitrogen and oxygen atoms in total. The monoisotopic (exact) mass is 413 g/mol. The Morgan fingerprint density at radius 1 is 1.00 bits per heavy atom. The number of rotatable bonds is 10. The second-order valence-corrected chi connectivity index (χ2v) is 9.90. The number of unbranched alkanes of at least 4 members (excludes halogenated alkanes) is 2. The van der Waals surface area contributed by atoms with Crippen LogP contribution < -0.4 is 4.74 Å². The maximum absolute atomic E-state index is 13.8. The molecule has 3 rings (SSSR count). The fourth-order valence-electron chi connectivity index (χ4n) is 6.02. The van der Waals surface area contributed by atoms with Gasteiger partial charge < -0.3 is 4.74 Å². The van der Waals surface area contributed by atoms with Gasteiger partial charge in [0.05, 0.1) is 12.2 Å². The molecule has 2 aliphatic carbocycles. The fourth-order valence-corrected chi connectivity index (χ4v) is 6.02. The van der Waals surface area contributed by atoms with Crippen molar-refractivity contribution >= 4 is 0 Å². The fraction of sp³-hybridized carbons (Fsp3) is 0.741. The van der Waals surface area contributed by atoms with Gasteiger partial charge in [-0.2, -0.15) is 5.26 Å². The van der Waals surface area contributed by atoms with Gasteiger partial charge in [-0.05, 0) is 74.3 Å². The lowest BCUT2D eigenvalue weighted by Crippen LogP contribution is -2.31. The molecule has 0 radical (unpaired) electrons. The number of halogens is 1. The predicted molar refractivity (Wildman–Crippen MR) is 121 cm³/mol. The first kappa shape index (κ1) is 23.1. The van der Waals surface area contributed by atoms with Gasteiger partial charge in [-0.3, -0.25) is 0 Å². The van der Waals surface area contributed by atoms with Crippen molar-refractivity contribution in [2.75, 3.05) is 6.61 Å². The maximum Gasteiger partial charge on any atom is 0.144 e. The van der Waals surface area contributed by atoms with Crippen molar-refractivity contribution in [3.8, 4) is 11.8 Å². The summed E-state index contributed by atoms with van der Waals surface area (Å²) >= 11 is 0. The summed E-state index contributed by atoms with van der Waals surface area (Å²) in [4.78, 5) is 0. The van der Waals surface area contributed by atoms with E-state index in [1.165, 1.54) is 102 Å². The predicted octanol–water partition coefficient (Wildman–Crippen LogP) is 8.19. The molecule has 166 valence electrons. The average Bonchev–Trinajstić information content (AvgIpc) is 2.78. The van der Waals surface area contributed by atoms with E-state index in [1.807, 2.05) is 6.07 Å². The summed E-state index contributed by atoms with van der Waals surface area (Å²) in [5.41, 5.74) is 0.575. The van der Waals surface area contributed by atoms with E-state index < -0.39 is 5.82 Å². The zero-order valence-electron chi connectivity index (χ0n) is 18.9. The zero-order chi connectivity index (χ0) is 21.2. The molecule has 0 spiro atoms. The van der Waals surface area contributed by atoms with E-state index in [9.17, 15) is 4.39 Å². The van der Waals surface area contributed by atoms with E-state index in [0.29, 0.717) is 17.8 Å². The third-order valence-electron chi connectivity index (χ3n) is 7.90. The first-order valence-corrected chi connectivity index (χ1v) is 12.5. The van der Waals surface area contributed by atoms with Crippen molar-refractivity contribution in [2.24, 2.45) is 17.3 Å². The summed E-state index contributed by atoms with van der Waals surface area (Å²) in [5.74, 6) is 2.02. The Balaban J connectivity index is 1.48. The highest BCUT2D eigenvalue weighted by Crippen LogP contribution is 2.49. The number of nitrogens with zero attached hydrogens (tertiary/aromatic N) is 1. The molecule has 0 amide bonds. The van der Waals surface area contributed by atoms with Crippen LogP contribution in [-0.4, -0.2) is 6.61 Å². The molecule has 1 aromatic carbocycles. The van der Waals surface area contributed by atoms with Gasteiger partial charge in [-0.1, -0.05) is 58.3 Å². The van der Waals surface area contributed by atoms with Crippen molar-refractivity contribution in [2.45, 2.75) is 103 Å². The first-order valence-electron chi connectivity index (χ1n) is 12.5. The molecule has 0 saturated heterocycles. The Hall–Kier alpha value is -1.56. The third kappa shape index (κ3) is 6.47. The lowest BCUT2D eigenvalue weighted by molar-refractivity contribution is 0.0776. The van der Waals surface area contributed by atoms with Gasteiger partial charge in [-0.15, -0.1) is 0 Å². The molecule has 2 aliphatic rings. The number of ether oxygens (including phenoxy) is 1. The highest BCUT2D eigenvalue weighted by molar-refractivity contribution is 5.36. The summed E-state index contributed by atoms with van der Waals surface area (Å²) in [6.45, 7) is 2.92. The molecule has 0 unspecified atom stereocenters. The third-order valence-corrected chi connectivity index (χ3v) is 7.90. The van der Waals surface area contributed by atoms with Crippen LogP contribution in [0.15, 0.2) is 18.2 Å². The van der Waals surface area contributed by atoms with Gasteiger partial charge in [0.25, 0.3) is 0 Å². The second-order valence-electron chi connectivity index (χ2n) is 9.90. The highest BCUT2D eigenvalue weighted by atomic mass is 19.1. The molecule has 0 aliphatic heterocycles. The summed E-state index contributed by atoms with van der Waals surface area (Å²) < 4.78 is 19.6. The summed E-state index contributed by atoms with van der Waals surface area (Å²) in [6, 6.07) is 6.40. The van der Waals surface area contributed by atoms with Crippen LogP contribution in [0.4, 0.5) is 4.39 Å². The van der Waals surface area contributed by atoms with E-state index in [2.05, 4.69) is 6.92 Å². The van der Waals surface area contributed by atoms with E-state index in [1.54, 1.807) is 6.07 Å². The SMILES string of the molecule is CCCCCC1(CCCOc2ccc(C#N)c(F)c2)CCC(C2CCCCC2)CC1. The maximum atomic E-state index is 13.8. The van der Waals surface area contributed by atoms with Crippen LogP contribution in [0.2, 0.25) is 0 Å². The van der Waals surface area contributed by atoms with Crippen LogP contribution >= 0.6 is 0 Å². The second kappa shape index (κ2) is 11.7. The van der Waals surface area contributed by atoms with Gasteiger partial charge in [0, 0.05) is 6.07 Å². The minimum absolute atomic E-state index is 0.0759. The summed E-state index contributed by atoms with van der Waals surface area (Å²) in [7, 11) is 0. The Morgan fingerprint density at radius 2 is 1.70 bits per heavy atom. The molecule has 30 heavy (non-hydrogen) atoms. The van der Waals surface area contributed by atoms with E-state index >= 15 is 0 Å². The van der Waals surface area contributed by atoms with Crippen LogP contribution in [0.5, 0.6) is 5.75 Å². The minimum Gasteiger partial charge on any atom is -0.493 e. The Bertz CT molecular complexity index is 681. The lowest BCUT2D eigenvalue weighted by Gasteiger charge is -2.43. The Kier molecular flexibility index (Phi) is 9.04. The van der Waals surface area contributed by atoms with Crippen molar-refractivity contribution in [1.82, 2.24) is 0 Å². The van der Waals surface area contributed by atoms with Gasteiger partial charge in [-0.25, -0.2) is 4.39 Å². The van der Waals surface area contributed by atoms with Crippen LogP contribution in [0.3, 0.4) is 0 Å². The van der Waals surface area contributed by atoms with E-state index in [-0.39, 0.29) is 5.56 Å². The molecular weight excluding hydrogens is 373 g/mol. The topological polar surface area (TPSA) is 33.0 Å². The van der Waals surface area contributed by atoms with Crippen molar-refractivity contribution < 1.29 is 9.13 Å². The van der Waals surface area contributed by atoms with Gasteiger partial charge in [0.1, 0.15) is 17.6 Å². The molecule has 0 aromatic heterocycles. The zero-order valence-corrected chi connectivity index (χ0v) is 18.9. The molecule has 0 heterocycles. The van der Waals surface area contributed by atoms with Crippen molar-refractivity contribution in [1.29, 1.82) is 5.26 Å². The number of hydrogen-bond acceptors (Lipinski definition) is 2. The molecule has 0 N–H and O–H groups in total. The largest absolute Gasteiger partial charge is 0.493 e. The lowest BCUT2D eigenvalue weighted by atomic mass is 9.62. The number of hydrogen-bond donors (Lipinski definition) is 0. The van der Waals surface area contributed by atoms with Crippen molar-refractivity contribution in [3.63, 3.8) is 0 Å². The van der Waals surface area contributed by atoms with Crippen LogP contribution in [0.25, 0.3) is 0 Å². The van der Waals surface area contributed by atoms with Gasteiger partial charge in [0.2, 0.25) is 0 Å². The van der Waals surface area contributed by atoms with Crippen LogP contribution in [0, 0.1) is 34.4 Å². The Labute approximate surface area is 183 Å². The molecule has 1 aromatic rings.